The fourth-order valence-electron chi connectivity index (χ4n) is 3.12. The summed E-state index contributed by atoms with van der Waals surface area (Å²) < 4.78 is 19.7. The van der Waals surface area contributed by atoms with Crippen molar-refractivity contribution in [1.82, 2.24) is 20.5 Å². The van der Waals surface area contributed by atoms with Crippen molar-refractivity contribution in [2.45, 2.75) is 12.5 Å². The number of hydrogen-bond donors (Lipinski definition) is 2. The van der Waals surface area contributed by atoms with Gasteiger partial charge in [-0.3, -0.25) is 9.59 Å². The quantitative estimate of drug-likeness (QED) is 0.700. The van der Waals surface area contributed by atoms with E-state index in [9.17, 15) is 14.0 Å². The zero-order valence-electron chi connectivity index (χ0n) is 15.6. The fraction of sp³-hybridized carbons (Fsp3) is 0.200. The zero-order chi connectivity index (χ0) is 20.4. The molecule has 0 aliphatic carbocycles. The number of anilines is 1. The number of rotatable bonds is 4. The molecule has 8 nitrogen and oxygen atoms in total. The van der Waals surface area contributed by atoms with Crippen LogP contribution in [0.15, 0.2) is 48.5 Å². The van der Waals surface area contributed by atoms with Gasteiger partial charge in [-0.2, -0.15) is 0 Å². The molecule has 0 saturated heterocycles. The Balaban J connectivity index is 1.46. The number of fused-ring (bicyclic) bond motifs is 1. The Morgan fingerprint density at radius 3 is 2.83 bits per heavy atom. The SMILES string of the molecule is CN1C(=O)C(NC(=O)c2nnc(Cc3ccccc3)[nH]2)COc2cccc(F)c21. The first-order chi connectivity index (χ1) is 14.0. The van der Waals surface area contributed by atoms with E-state index in [2.05, 4.69) is 20.5 Å². The number of carbonyl (C=O) groups excluding carboxylic acids is 2. The summed E-state index contributed by atoms with van der Waals surface area (Å²) in [6.45, 7) is -0.129. The highest BCUT2D eigenvalue weighted by atomic mass is 19.1. The van der Waals surface area contributed by atoms with Gasteiger partial charge >= 0.3 is 0 Å². The van der Waals surface area contributed by atoms with Crippen LogP contribution in [-0.2, 0) is 11.2 Å². The minimum absolute atomic E-state index is 0.0145. The van der Waals surface area contributed by atoms with E-state index in [1.165, 1.54) is 19.2 Å². The zero-order valence-corrected chi connectivity index (χ0v) is 15.6. The molecule has 0 fully saturated rings. The molecule has 29 heavy (non-hydrogen) atoms. The number of nitrogens with zero attached hydrogens (tertiary/aromatic N) is 3. The minimum atomic E-state index is -0.998. The maximum absolute atomic E-state index is 14.1. The van der Waals surface area contributed by atoms with E-state index in [-0.39, 0.29) is 23.9 Å². The number of nitrogens with one attached hydrogen (secondary N) is 2. The summed E-state index contributed by atoms with van der Waals surface area (Å²) in [7, 11) is 1.44. The molecule has 1 atom stereocenters. The molecule has 0 radical (unpaired) electrons. The Hall–Kier alpha value is -3.75. The van der Waals surface area contributed by atoms with Gasteiger partial charge in [0.2, 0.25) is 5.82 Å². The number of amides is 2. The second-order valence-electron chi connectivity index (χ2n) is 6.60. The first kappa shape index (κ1) is 18.6. The lowest BCUT2D eigenvalue weighted by molar-refractivity contribution is -0.120. The Bertz CT molecular complexity index is 1050. The molecule has 0 spiro atoms. The number of halogens is 1. The number of ether oxygens (including phenoxy) is 1. The summed E-state index contributed by atoms with van der Waals surface area (Å²) in [6.07, 6.45) is 0.490. The maximum atomic E-state index is 14.1. The minimum Gasteiger partial charge on any atom is -0.489 e. The molecule has 148 valence electrons. The molecule has 4 rings (SSSR count). The predicted molar refractivity (Wildman–Crippen MR) is 102 cm³/mol. The van der Waals surface area contributed by atoms with E-state index in [0.717, 1.165) is 10.5 Å². The van der Waals surface area contributed by atoms with Gasteiger partial charge in [-0.05, 0) is 17.7 Å². The highest BCUT2D eigenvalue weighted by molar-refractivity contribution is 6.02. The Labute approximate surface area is 165 Å². The van der Waals surface area contributed by atoms with Gasteiger partial charge in [0.15, 0.2) is 5.82 Å². The van der Waals surface area contributed by atoms with E-state index in [4.69, 9.17) is 4.74 Å². The lowest BCUT2D eigenvalue weighted by Gasteiger charge is -2.20. The summed E-state index contributed by atoms with van der Waals surface area (Å²) in [5.41, 5.74) is 1.06. The van der Waals surface area contributed by atoms with Crippen molar-refractivity contribution in [3.8, 4) is 5.75 Å². The predicted octanol–water partition coefficient (Wildman–Crippen LogP) is 1.69. The molecule has 0 bridgehead atoms. The van der Waals surface area contributed by atoms with Gasteiger partial charge in [0.25, 0.3) is 11.8 Å². The molecule has 2 N–H and O–H groups in total. The number of carbonyl (C=O) groups is 2. The van der Waals surface area contributed by atoms with Crippen LogP contribution in [0, 0.1) is 5.82 Å². The molecule has 1 aromatic heterocycles. The van der Waals surface area contributed by atoms with E-state index >= 15 is 0 Å². The number of aromatic amines is 1. The molecule has 0 saturated carbocycles. The Morgan fingerprint density at radius 1 is 1.24 bits per heavy atom. The van der Waals surface area contributed by atoms with E-state index in [0.29, 0.717) is 12.2 Å². The fourth-order valence-corrected chi connectivity index (χ4v) is 3.12. The molecular weight excluding hydrogens is 377 g/mol. The number of H-pyrrole nitrogens is 1. The third-order valence-corrected chi connectivity index (χ3v) is 4.59. The van der Waals surface area contributed by atoms with E-state index in [1.807, 2.05) is 30.3 Å². The molecule has 1 aliphatic rings. The number of para-hydroxylation sites is 1. The molecular formula is C20H18FN5O3. The molecule has 3 aromatic rings. The van der Waals surface area contributed by atoms with Crippen LogP contribution < -0.4 is 15.0 Å². The van der Waals surface area contributed by atoms with Crippen LogP contribution in [0.3, 0.4) is 0 Å². The van der Waals surface area contributed by atoms with Gasteiger partial charge in [0.1, 0.15) is 29.9 Å². The van der Waals surface area contributed by atoms with Crippen LogP contribution in [0.2, 0.25) is 0 Å². The maximum Gasteiger partial charge on any atom is 0.289 e. The smallest absolute Gasteiger partial charge is 0.289 e. The summed E-state index contributed by atoms with van der Waals surface area (Å²) >= 11 is 0. The van der Waals surface area contributed by atoms with E-state index < -0.39 is 23.7 Å². The summed E-state index contributed by atoms with van der Waals surface area (Å²) in [5, 5.41) is 10.4. The molecule has 2 heterocycles. The first-order valence-electron chi connectivity index (χ1n) is 8.98. The Kier molecular flexibility index (Phi) is 4.94. The first-order valence-corrected chi connectivity index (χ1v) is 8.98. The van der Waals surface area contributed by atoms with Crippen molar-refractivity contribution in [2.24, 2.45) is 0 Å². The standard InChI is InChI=1S/C20H18FN5O3/c1-26-17-13(21)8-5-9-15(17)29-11-14(20(26)28)22-19(27)18-23-16(24-25-18)10-12-6-3-2-4-7-12/h2-9,14H,10-11H2,1H3,(H,22,27)(H,23,24,25). The van der Waals surface area contributed by atoms with Gasteiger partial charge in [-0.15, -0.1) is 10.2 Å². The summed E-state index contributed by atoms with van der Waals surface area (Å²) in [4.78, 5) is 29.2. The van der Waals surface area contributed by atoms with Crippen molar-refractivity contribution in [3.63, 3.8) is 0 Å². The molecule has 1 unspecified atom stereocenters. The van der Waals surface area contributed by atoms with Crippen LogP contribution >= 0.6 is 0 Å². The Morgan fingerprint density at radius 2 is 2.03 bits per heavy atom. The van der Waals surface area contributed by atoms with Crippen LogP contribution in [0.5, 0.6) is 5.75 Å². The number of hydrogen-bond acceptors (Lipinski definition) is 5. The van der Waals surface area contributed by atoms with Gasteiger partial charge in [-0.25, -0.2) is 4.39 Å². The van der Waals surface area contributed by atoms with Crippen LogP contribution in [0.4, 0.5) is 10.1 Å². The second kappa shape index (κ2) is 7.70. The van der Waals surface area contributed by atoms with Crippen molar-refractivity contribution < 1.29 is 18.7 Å². The summed E-state index contributed by atoms with van der Waals surface area (Å²) in [6, 6.07) is 12.9. The third kappa shape index (κ3) is 3.79. The van der Waals surface area contributed by atoms with Crippen molar-refractivity contribution in [3.05, 3.63) is 71.6 Å². The van der Waals surface area contributed by atoms with Crippen LogP contribution in [0.25, 0.3) is 0 Å². The van der Waals surface area contributed by atoms with Crippen LogP contribution in [-0.4, -0.2) is 46.7 Å². The largest absolute Gasteiger partial charge is 0.489 e. The molecule has 1 aliphatic heterocycles. The van der Waals surface area contributed by atoms with Gasteiger partial charge in [-0.1, -0.05) is 36.4 Å². The summed E-state index contributed by atoms with van der Waals surface area (Å²) in [5.74, 6) is -0.922. The topological polar surface area (TPSA) is 100 Å². The number of likely N-dealkylation sites (N-methyl/N-ethyl adjacent to an activating group) is 1. The van der Waals surface area contributed by atoms with Crippen molar-refractivity contribution in [2.75, 3.05) is 18.6 Å². The second-order valence-corrected chi connectivity index (χ2v) is 6.60. The highest BCUT2D eigenvalue weighted by Gasteiger charge is 2.33. The van der Waals surface area contributed by atoms with E-state index in [1.54, 1.807) is 6.07 Å². The van der Waals surface area contributed by atoms with Crippen molar-refractivity contribution >= 4 is 17.5 Å². The van der Waals surface area contributed by atoms with Gasteiger partial charge in [0, 0.05) is 13.5 Å². The average Bonchev–Trinajstić information content (AvgIpc) is 3.15. The molecule has 2 aromatic carbocycles. The molecule has 2 amide bonds. The molecule has 9 heteroatoms. The number of benzene rings is 2. The van der Waals surface area contributed by atoms with Crippen molar-refractivity contribution in [1.29, 1.82) is 0 Å². The average molecular weight is 395 g/mol. The third-order valence-electron chi connectivity index (χ3n) is 4.59. The van der Waals surface area contributed by atoms with Crippen LogP contribution in [0.1, 0.15) is 22.0 Å². The highest BCUT2D eigenvalue weighted by Crippen LogP contribution is 2.32. The number of aromatic nitrogens is 3. The lowest BCUT2D eigenvalue weighted by Crippen LogP contribution is -2.49. The normalized spacial score (nSPS) is 16.0. The van der Waals surface area contributed by atoms with Gasteiger partial charge < -0.3 is 19.9 Å². The monoisotopic (exact) mass is 395 g/mol. The lowest BCUT2D eigenvalue weighted by atomic mass is 10.1. The van der Waals surface area contributed by atoms with Gasteiger partial charge in [0.05, 0.1) is 0 Å².